The van der Waals surface area contributed by atoms with E-state index in [1.54, 1.807) is 6.92 Å². The number of carbonyl (C=O) groups is 1. The fourth-order valence-corrected chi connectivity index (χ4v) is 3.45. The molecule has 1 atom stereocenters. The van der Waals surface area contributed by atoms with E-state index in [2.05, 4.69) is 4.90 Å². The first kappa shape index (κ1) is 18.4. The van der Waals surface area contributed by atoms with E-state index in [1.807, 2.05) is 55.6 Å². The molecule has 0 amide bonds. The fraction of sp³-hybridized carbons (Fsp3) is 0.318. The average Bonchev–Trinajstić information content (AvgIpc) is 3.06. The Kier molecular flexibility index (Phi) is 5.21. The number of carbonyl (C=O) groups excluding carboxylic acids is 1. The Hall–Kier alpha value is -2.99. The van der Waals surface area contributed by atoms with Crippen LogP contribution < -0.4 is 9.47 Å². The zero-order valence-corrected chi connectivity index (χ0v) is 16.0. The molecule has 6 nitrogen and oxygen atoms in total. The van der Waals surface area contributed by atoms with Gasteiger partial charge in [-0.25, -0.2) is 4.79 Å². The number of nitrogens with zero attached hydrogens (tertiary/aromatic N) is 1. The van der Waals surface area contributed by atoms with Gasteiger partial charge in [-0.1, -0.05) is 30.3 Å². The second-order valence-electron chi connectivity index (χ2n) is 6.82. The lowest BCUT2D eigenvalue weighted by atomic mass is 10.1. The molecule has 0 spiro atoms. The number of rotatable bonds is 6. The predicted molar refractivity (Wildman–Crippen MR) is 105 cm³/mol. The van der Waals surface area contributed by atoms with E-state index in [0.29, 0.717) is 31.9 Å². The smallest absolute Gasteiger partial charge is 0.374 e. The number of furan rings is 1. The van der Waals surface area contributed by atoms with Gasteiger partial charge in [0.1, 0.15) is 18.3 Å². The number of benzene rings is 2. The molecule has 1 aromatic heterocycles. The summed E-state index contributed by atoms with van der Waals surface area (Å²) in [4.78, 5) is 14.5. The minimum absolute atomic E-state index is 0.0934. The predicted octanol–water partition coefficient (Wildman–Crippen LogP) is 3.88. The van der Waals surface area contributed by atoms with Gasteiger partial charge in [0.25, 0.3) is 0 Å². The number of hydrogen-bond acceptors (Lipinski definition) is 6. The Morgan fingerprint density at radius 1 is 1.14 bits per heavy atom. The van der Waals surface area contributed by atoms with Crippen LogP contribution in [0.15, 0.2) is 52.9 Å². The summed E-state index contributed by atoms with van der Waals surface area (Å²) in [5.74, 6) is 1.36. The van der Waals surface area contributed by atoms with Gasteiger partial charge < -0.3 is 18.6 Å². The summed E-state index contributed by atoms with van der Waals surface area (Å²) in [5, 5.41) is 0.920. The van der Waals surface area contributed by atoms with Crippen molar-refractivity contribution in [3.8, 4) is 11.5 Å². The molecule has 1 unspecified atom stereocenters. The van der Waals surface area contributed by atoms with Gasteiger partial charge in [0, 0.05) is 24.0 Å². The fourth-order valence-electron chi connectivity index (χ4n) is 3.45. The van der Waals surface area contributed by atoms with Crippen molar-refractivity contribution < 1.29 is 23.4 Å². The molecule has 28 heavy (non-hydrogen) atoms. The molecule has 146 valence electrons. The quantitative estimate of drug-likeness (QED) is 0.604. The van der Waals surface area contributed by atoms with E-state index >= 15 is 0 Å². The molecule has 3 aromatic rings. The first-order valence-corrected chi connectivity index (χ1v) is 9.40. The molecule has 0 radical (unpaired) electrons. The van der Waals surface area contributed by atoms with E-state index < -0.39 is 5.97 Å². The SMILES string of the molecule is CCOC(=O)c1oc2ccccc2c1CN(C)CC1COc2ccccc2O1. The van der Waals surface area contributed by atoms with Gasteiger partial charge in [-0.05, 0) is 32.2 Å². The van der Waals surface area contributed by atoms with Crippen LogP contribution >= 0.6 is 0 Å². The summed E-state index contributed by atoms with van der Waals surface area (Å²) in [6.45, 7) is 3.75. The van der Waals surface area contributed by atoms with Gasteiger partial charge in [-0.2, -0.15) is 0 Å². The topological polar surface area (TPSA) is 61.1 Å². The second kappa shape index (κ2) is 7.94. The van der Waals surface area contributed by atoms with Crippen LogP contribution in [0.4, 0.5) is 0 Å². The van der Waals surface area contributed by atoms with Crippen molar-refractivity contribution in [3.05, 3.63) is 59.9 Å². The molecule has 1 aliphatic rings. The van der Waals surface area contributed by atoms with E-state index in [1.165, 1.54) is 0 Å². The molecule has 0 saturated heterocycles. The Morgan fingerprint density at radius 2 is 1.89 bits per heavy atom. The summed E-state index contributed by atoms with van der Waals surface area (Å²) in [5.41, 5.74) is 1.51. The molecular formula is C22H23NO5. The maximum atomic E-state index is 12.4. The number of hydrogen-bond donors (Lipinski definition) is 0. The summed E-state index contributed by atoms with van der Waals surface area (Å²) in [6, 6.07) is 15.3. The minimum atomic E-state index is -0.437. The third-order valence-electron chi connectivity index (χ3n) is 4.67. The third-order valence-corrected chi connectivity index (χ3v) is 4.67. The summed E-state index contributed by atoms with van der Waals surface area (Å²) >= 11 is 0. The lowest BCUT2D eigenvalue weighted by Gasteiger charge is -2.29. The Labute approximate surface area is 163 Å². The van der Waals surface area contributed by atoms with E-state index in [0.717, 1.165) is 22.4 Å². The molecule has 1 aliphatic heterocycles. The molecule has 0 bridgehead atoms. The van der Waals surface area contributed by atoms with Crippen LogP contribution in [0.25, 0.3) is 11.0 Å². The first-order valence-electron chi connectivity index (χ1n) is 9.40. The molecule has 0 fully saturated rings. The van der Waals surface area contributed by atoms with Crippen LogP contribution in [-0.4, -0.2) is 43.8 Å². The molecule has 2 aromatic carbocycles. The van der Waals surface area contributed by atoms with Crippen LogP contribution in [0.1, 0.15) is 23.0 Å². The standard InChI is InChI=1S/C22H23NO5/c1-3-25-22(24)21-17(16-8-4-5-9-18(16)28-21)13-23(2)12-15-14-26-19-10-6-7-11-20(19)27-15/h4-11,15H,3,12-14H2,1-2H3. The maximum Gasteiger partial charge on any atom is 0.374 e. The summed E-state index contributed by atoms with van der Waals surface area (Å²) < 4.78 is 22.8. The zero-order valence-electron chi connectivity index (χ0n) is 16.0. The van der Waals surface area contributed by atoms with E-state index in [9.17, 15) is 4.79 Å². The van der Waals surface area contributed by atoms with Crippen molar-refractivity contribution in [1.82, 2.24) is 4.90 Å². The lowest BCUT2D eigenvalue weighted by molar-refractivity contribution is 0.0486. The van der Waals surface area contributed by atoms with Gasteiger partial charge >= 0.3 is 5.97 Å². The van der Waals surface area contributed by atoms with Crippen LogP contribution in [0.2, 0.25) is 0 Å². The van der Waals surface area contributed by atoms with Gasteiger partial charge in [0.15, 0.2) is 11.5 Å². The Morgan fingerprint density at radius 3 is 2.71 bits per heavy atom. The van der Waals surface area contributed by atoms with Crippen molar-refractivity contribution in [3.63, 3.8) is 0 Å². The highest BCUT2D eigenvalue weighted by atomic mass is 16.6. The monoisotopic (exact) mass is 381 g/mol. The van der Waals surface area contributed by atoms with Crippen LogP contribution in [0.5, 0.6) is 11.5 Å². The molecule has 0 saturated carbocycles. The molecule has 2 heterocycles. The summed E-state index contributed by atoms with van der Waals surface area (Å²) in [7, 11) is 1.99. The number of likely N-dealkylation sites (N-methyl/N-ethyl adjacent to an activating group) is 1. The van der Waals surface area contributed by atoms with Crippen molar-refractivity contribution in [1.29, 1.82) is 0 Å². The van der Waals surface area contributed by atoms with Crippen molar-refractivity contribution in [2.24, 2.45) is 0 Å². The molecule has 4 rings (SSSR count). The maximum absolute atomic E-state index is 12.4. The molecule has 0 N–H and O–H groups in total. The largest absolute Gasteiger partial charge is 0.486 e. The highest BCUT2D eigenvalue weighted by molar-refractivity contribution is 5.96. The van der Waals surface area contributed by atoms with Crippen LogP contribution in [0, 0.1) is 0 Å². The van der Waals surface area contributed by atoms with Crippen molar-refractivity contribution in [2.45, 2.75) is 19.6 Å². The highest BCUT2D eigenvalue weighted by Crippen LogP contribution is 2.32. The van der Waals surface area contributed by atoms with Gasteiger partial charge in [0.2, 0.25) is 5.76 Å². The molecular weight excluding hydrogens is 358 g/mol. The van der Waals surface area contributed by atoms with Crippen molar-refractivity contribution >= 4 is 16.9 Å². The number of ether oxygens (including phenoxy) is 3. The highest BCUT2D eigenvalue weighted by Gasteiger charge is 2.25. The first-order chi connectivity index (χ1) is 13.7. The minimum Gasteiger partial charge on any atom is -0.486 e. The number of esters is 1. The molecule has 6 heteroatoms. The number of para-hydroxylation sites is 3. The Bertz CT molecular complexity index is 980. The average molecular weight is 381 g/mol. The third kappa shape index (κ3) is 3.68. The van der Waals surface area contributed by atoms with Gasteiger partial charge in [0.05, 0.1) is 6.61 Å². The lowest BCUT2D eigenvalue weighted by Crippen LogP contribution is -2.39. The zero-order chi connectivity index (χ0) is 19.5. The van der Waals surface area contributed by atoms with Gasteiger partial charge in [-0.3, -0.25) is 4.90 Å². The molecule has 0 aliphatic carbocycles. The van der Waals surface area contributed by atoms with Gasteiger partial charge in [-0.15, -0.1) is 0 Å². The van der Waals surface area contributed by atoms with E-state index in [-0.39, 0.29) is 11.9 Å². The van der Waals surface area contributed by atoms with E-state index in [4.69, 9.17) is 18.6 Å². The number of fused-ring (bicyclic) bond motifs is 2. The normalized spacial score (nSPS) is 15.8. The Balaban J connectivity index is 1.51. The summed E-state index contributed by atoms with van der Waals surface area (Å²) in [6.07, 6.45) is -0.0934. The van der Waals surface area contributed by atoms with Crippen molar-refractivity contribution in [2.75, 3.05) is 26.8 Å². The van der Waals surface area contributed by atoms with Crippen LogP contribution in [-0.2, 0) is 11.3 Å². The van der Waals surface area contributed by atoms with Crippen LogP contribution in [0.3, 0.4) is 0 Å². The second-order valence-corrected chi connectivity index (χ2v) is 6.82.